The van der Waals surface area contributed by atoms with Crippen LogP contribution in [-0.2, 0) is 13.1 Å². The lowest BCUT2D eigenvalue weighted by Gasteiger charge is -2.19. The van der Waals surface area contributed by atoms with Crippen molar-refractivity contribution in [1.29, 1.82) is 0 Å². The molecule has 0 unspecified atom stereocenters. The smallest absolute Gasteiger partial charge is 0.0481 e. The molecule has 0 radical (unpaired) electrons. The van der Waals surface area contributed by atoms with E-state index in [0.29, 0.717) is 0 Å². The van der Waals surface area contributed by atoms with Crippen LogP contribution >= 0.6 is 15.9 Å². The first kappa shape index (κ1) is 14.4. The largest absolute Gasteiger partial charge is 0.350 e. The minimum absolute atomic E-state index is 0.157. The maximum Gasteiger partial charge on any atom is 0.0481 e. The van der Waals surface area contributed by atoms with Crippen LogP contribution in [0.2, 0.25) is 0 Å². The highest BCUT2D eigenvalue weighted by atomic mass is 79.9. The Kier molecular flexibility index (Phi) is 4.48. The summed E-state index contributed by atoms with van der Waals surface area (Å²) in [5, 5.41) is 3.50. The molecule has 0 aliphatic carbocycles. The van der Waals surface area contributed by atoms with Crippen LogP contribution < -0.4 is 5.32 Å². The summed E-state index contributed by atoms with van der Waals surface area (Å²) in [5.74, 6) is 0. The second-order valence-corrected chi connectivity index (χ2v) is 6.74. The molecule has 1 N–H and O–H groups in total. The van der Waals surface area contributed by atoms with Gasteiger partial charge in [0, 0.05) is 35.5 Å². The summed E-state index contributed by atoms with van der Waals surface area (Å²) >= 11 is 3.59. The highest BCUT2D eigenvalue weighted by molar-refractivity contribution is 9.10. The number of nitrogens with zero attached hydrogens (tertiary/aromatic N) is 1. The van der Waals surface area contributed by atoms with Crippen LogP contribution in [0.4, 0.5) is 0 Å². The van der Waals surface area contributed by atoms with E-state index in [1.807, 2.05) is 6.07 Å². The van der Waals surface area contributed by atoms with Crippen molar-refractivity contribution in [2.24, 2.45) is 0 Å². The Morgan fingerprint density at radius 3 is 2.58 bits per heavy atom. The zero-order valence-corrected chi connectivity index (χ0v) is 13.4. The Balaban J connectivity index is 2.00. The van der Waals surface area contributed by atoms with Gasteiger partial charge in [-0.2, -0.15) is 0 Å². The van der Waals surface area contributed by atoms with E-state index in [0.717, 1.165) is 17.6 Å². The maximum absolute atomic E-state index is 3.59. The highest BCUT2D eigenvalue weighted by Crippen LogP contribution is 2.17. The molecular weight excluding hydrogens is 300 g/mol. The molecule has 1 aromatic heterocycles. The number of nitrogens with one attached hydrogen (secondary N) is 1. The Bertz CT molecular complexity index is 538. The minimum atomic E-state index is 0.157. The predicted molar refractivity (Wildman–Crippen MR) is 84.3 cm³/mol. The third-order valence-electron chi connectivity index (χ3n) is 2.95. The highest BCUT2D eigenvalue weighted by Gasteiger charge is 2.09. The molecule has 2 rings (SSSR count). The van der Waals surface area contributed by atoms with E-state index in [2.05, 4.69) is 83.2 Å². The lowest BCUT2D eigenvalue weighted by molar-refractivity contribution is 0.424. The molecule has 1 aromatic carbocycles. The fraction of sp³-hybridized carbons (Fsp3) is 0.375. The van der Waals surface area contributed by atoms with Gasteiger partial charge in [0.15, 0.2) is 0 Å². The van der Waals surface area contributed by atoms with Crippen molar-refractivity contribution in [3.05, 3.63) is 58.3 Å². The molecule has 0 aliphatic rings. The molecule has 2 nitrogen and oxygen atoms in total. The van der Waals surface area contributed by atoms with E-state index >= 15 is 0 Å². The average Bonchev–Trinajstić information content (AvgIpc) is 2.77. The molecule has 102 valence electrons. The van der Waals surface area contributed by atoms with Crippen molar-refractivity contribution in [3.8, 4) is 0 Å². The van der Waals surface area contributed by atoms with E-state index in [9.17, 15) is 0 Å². The van der Waals surface area contributed by atoms with Gasteiger partial charge in [-0.15, -0.1) is 0 Å². The van der Waals surface area contributed by atoms with Crippen molar-refractivity contribution < 1.29 is 0 Å². The van der Waals surface area contributed by atoms with Gasteiger partial charge >= 0.3 is 0 Å². The van der Waals surface area contributed by atoms with Crippen molar-refractivity contribution in [1.82, 2.24) is 9.88 Å². The van der Waals surface area contributed by atoms with Gasteiger partial charge in [-0.25, -0.2) is 0 Å². The second-order valence-electron chi connectivity index (χ2n) is 5.89. The average molecular weight is 321 g/mol. The van der Waals surface area contributed by atoms with E-state index in [4.69, 9.17) is 0 Å². The van der Waals surface area contributed by atoms with E-state index in [1.54, 1.807) is 0 Å². The SMILES string of the molecule is CC(C)(C)NCc1ccn(Cc2ccccc2Br)c1. The lowest BCUT2D eigenvalue weighted by Crippen LogP contribution is -2.34. The number of benzene rings is 1. The first-order valence-electron chi connectivity index (χ1n) is 6.57. The van der Waals surface area contributed by atoms with Crippen LogP contribution in [0.15, 0.2) is 47.2 Å². The summed E-state index contributed by atoms with van der Waals surface area (Å²) in [5.41, 5.74) is 2.78. The van der Waals surface area contributed by atoms with Crippen LogP contribution in [0.5, 0.6) is 0 Å². The summed E-state index contributed by atoms with van der Waals surface area (Å²) < 4.78 is 3.39. The second kappa shape index (κ2) is 5.93. The van der Waals surface area contributed by atoms with Gasteiger partial charge in [0.25, 0.3) is 0 Å². The van der Waals surface area contributed by atoms with Crippen LogP contribution in [-0.4, -0.2) is 10.1 Å². The summed E-state index contributed by atoms with van der Waals surface area (Å²) in [6.45, 7) is 8.37. The lowest BCUT2D eigenvalue weighted by atomic mass is 10.1. The fourth-order valence-electron chi connectivity index (χ4n) is 1.88. The van der Waals surface area contributed by atoms with Crippen molar-refractivity contribution >= 4 is 15.9 Å². The number of halogens is 1. The molecule has 0 atom stereocenters. The van der Waals surface area contributed by atoms with Gasteiger partial charge in [-0.05, 0) is 44.0 Å². The first-order valence-corrected chi connectivity index (χ1v) is 7.36. The molecule has 0 spiro atoms. The zero-order chi connectivity index (χ0) is 13.9. The third kappa shape index (κ3) is 4.51. The number of rotatable bonds is 4. The molecule has 0 amide bonds. The molecule has 3 heteroatoms. The molecule has 2 aromatic rings. The quantitative estimate of drug-likeness (QED) is 0.893. The summed E-state index contributed by atoms with van der Waals surface area (Å²) in [7, 11) is 0. The van der Waals surface area contributed by atoms with E-state index < -0.39 is 0 Å². The summed E-state index contributed by atoms with van der Waals surface area (Å²) in [4.78, 5) is 0. The van der Waals surface area contributed by atoms with Gasteiger partial charge < -0.3 is 9.88 Å². The minimum Gasteiger partial charge on any atom is -0.350 e. The Labute approximate surface area is 124 Å². The van der Waals surface area contributed by atoms with Crippen LogP contribution in [0, 0.1) is 0 Å². The van der Waals surface area contributed by atoms with Crippen LogP contribution in [0.1, 0.15) is 31.9 Å². The van der Waals surface area contributed by atoms with Crippen molar-refractivity contribution in [2.45, 2.75) is 39.4 Å². The number of aromatic nitrogens is 1. The third-order valence-corrected chi connectivity index (χ3v) is 3.72. The maximum atomic E-state index is 3.59. The molecular formula is C16H21BrN2. The standard InChI is InChI=1S/C16H21BrN2/c1-16(2,3)18-10-13-8-9-19(11-13)12-14-6-4-5-7-15(14)17/h4-9,11,18H,10,12H2,1-3H3. The molecule has 0 saturated heterocycles. The van der Waals surface area contributed by atoms with E-state index in [-0.39, 0.29) is 5.54 Å². The number of hydrogen-bond acceptors (Lipinski definition) is 1. The number of hydrogen-bond donors (Lipinski definition) is 1. The molecule has 1 heterocycles. The van der Waals surface area contributed by atoms with Gasteiger partial charge in [-0.1, -0.05) is 34.1 Å². The summed E-state index contributed by atoms with van der Waals surface area (Å²) in [6.07, 6.45) is 4.34. The van der Waals surface area contributed by atoms with Gasteiger partial charge in [-0.3, -0.25) is 0 Å². The Hall–Kier alpha value is -1.06. The Morgan fingerprint density at radius 1 is 1.16 bits per heavy atom. The molecule has 0 aliphatic heterocycles. The summed E-state index contributed by atoms with van der Waals surface area (Å²) in [6, 6.07) is 10.5. The van der Waals surface area contributed by atoms with Crippen molar-refractivity contribution in [2.75, 3.05) is 0 Å². The molecule has 19 heavy (non-hydrogen) atoms. The topological polar surface area (TPSA) is 17.0 Å². The Morgan fingerprint density at radius 2 is 1.89 bits per heavy atom. The molecule has 0 bridgehead atoms. The predicted octanol–water partition coefficient (Wildman–Crippen LogP) is 4.19. The van der Waals surface area contributed by atoms with E-state index in [1.165, 1.54) is 11.1 Å². The molecule has 0 saturated carbocycles. The van der Waals surface area contributed by atoms with Gasteiger partial charge in [0.1, 0.15) is 0 Å². The monoisotopic (exact) mass is 320 g/mol. The van der Waals surface area contributed by atoms with Crippen LogP contribution in [0.25, 0.3) is 0 Å². The first-order chi connectivity index (χ1) is 8.94. The normalized spacial score (nSPS) is 11.8. The molecule has 0 fully saturated rings. The zero-order valence-electron chi connectivity index (χ0n) is 11.8. The fourth-order valence-corrected chi connectivity index (χ4v) is 2.29. The van der Waals surface area contributed by atoms with Gasteiger partial charge in [0.05, 0.1) is 0 Å². The van der Waals surface area contributed by atoms with Crippen molar-refractivity contribution in [3.63, 3.8) is 0 Å². The van der Waals surface area contributed by atoms with Crippen LogP contribution in [0.3, 0.4) is 0 Å². The van der Waals surface area contributed by atoms with Gasteiger partial charge in [0.2, 0.25) is 0 Å².